The van der Waals surface area contributed by atoms with Gasteiger partial charge in [0, 0.05) is 44.2 Å². The summed E-state index contributed by atoms with van der Waals surface area (Å²) < 4.78 is 1.45. The van der Waals surface area contributed by atoms with Crippen LogP contribution in [0.25, 0.3) is 11.3 Å². The van der Waals surface area contributed by atoms with Crippen molar-refractivity contribution in [1.82, 2.24) is 14.5 Å². The Morgan fingerprint density at radius 2 is 1.53 bits per heavy atom. The Labute approximate surface area is 172 Å². The number of hydrogen-bond acceptors (Lipinski definition) is 6. The molecule has 1 unspecified atom stereocenters. The first kappa shape index (κ1) is 18.2. The molecule has 0 radical (unpaired) electrons. The fraction of sp³-hybridized carbons (Fsp3) is 0.227. The highest BCUT2D eigenvalue weighted by atomic mass is 16.2. The number of pyridine rings is 1. The van der Waals surface area contributed by atoms with Crippen molar-refractivity contribution in [2.24, 2.45) is 18.9 Å². The minimum atomic E-state index is -0.445. The Balaban J connectivity index is 1.47. The standard InChI is InChI=1S/C22H19N5O3/c1-25-19(28)11-18(14-7-9-23-10-8-14)24-22(25)26-12-16-17(13-26)21(30)27(20(16)29)15-5-3-2-4-6-15/h2-11,16-17H,12-13H2,1H3/t16-,17?/m0/s1. The number of hydrogen-bond donors (Lipinski definition) is 0. The number of para-hydroxylation sites is 1. The summed E-state index contributed by atoms with van der Waals surface area (Å²) in [5.74, 6) is -0.836. The summed E-state index contributed by atoms with van der Waals surface area (Å²) in [6, 6.07) is 14.0. The van der Waals surface area contributed by atoms with Gasteiger partial charge >= 0.3 is 0 Å². The van der Waals surface area contributed by atoms with Gasteiger partial charge in [-0.3, -0.25) is 23.9 Å². The van der Waals surface area contributed by atoms with Gasteiger partial charge in [-0.25, -0.2) is 9.88 Å². The van der Waals surface area contributed by atoms with Gasteiger partial charge in [-0.1, -0.05) is 18.2 Å². The number of nitrogens with zero attached hydrogens (tertiary/aromatic N) is 5. The van der Waals surface area contributed by atoms with Crippen molar-refractivity contribution in [3.05, 3.63) is 71.3 Å². The molecule has 0 N–H and O–H groups in total. The summed E-state index contributed by atoms with van der Waals surface area (Å²) in [6.07, 6.45) is 3.29. The summed E-state index contributed by atoms with van der Waals surface area (Å²) >= 11 is 0. The number of amides is 2. The molecule has 150 valence electrons. The summed E-state index contributed by atoms with van der Waals surface area (Å²) in [5.41, 5.74) is 1.72. The molecule has 8 heteroatoms. The number of anilines is 2. The van der Waals surface area contributed by atoms with Gasteiger partial charge in [-0.15, -0.1) is 0 Å². The normalized spacial score (nSPS) is 20.7. The predicted octanol–water partition coefficient (Wildman–Crippen LogP) is 1.47. The third kappa shape index (κ3) is 2.80. The van der Waals surface area contributed by atoms with E-state index in [-0.39, 0.29) is 17.4 Å². The molecule has 8 nitrogen and oxygen atoms in total. The van der Waals surface area contributed by atoms with Gasteiger partial charge < -0.3 is 4.90 Å². The van der Waals surface area contributed by atoms with E-state index in [4.69, 9.17) is 0 Å². The first-order chi connectivity index (χ1) is 14.5. The highest BCUT2D eigenvalue weighted by Gasteiger charge is 2.53. The van der Waals surface area contributed by atoms with E-state index in [1.165, 1.54) is 15.5 Å². The second-order valence-corrected chi connectivity index (χ2v) is 7.54. The van der Waals surface area contributed by atoms with Gasteiger partial charge in [0.2, 0.25) is 17.8 Å². The Kier molecular flexibility index (Phi) is 4.20. The van der Waals surface area contributed by atoms with Crippen LogP contribution in [0.15, 0.2) is 65.7 Å². The zero-order valence-electron chi connectivity index (χ0n) is 16.3. The Bertz CT molecular complexity index is 1170. The molecule has 2 aromatic heterocycles. The van der Waals surface area contributed by atoms with Crippen molar-refractivity contribution in [3.8, 4) is 11.3 Å². The first-order valence-electron chi connectivity index (χ1n) is 9.71. The second kappa shape index (κ2) is 6.91. The minimum absolute atomic E-state index is 0.200. The molecule has 2 aliphatic heterocycles. The zero-order valence-corrected chi connectivity index (χ0v) is 16.3. The molecular formula is C22H19N5O3. The number of aromatic nitrogens is 3. The van der Waals surface area contributed by atoms with Gasteiger partial charge in [0.1, 0.15) is 0 Å². The number of carbonyl (C=O) groups is 2. The SMILES string of the molecule is Cn1c(N2CC3C(=O)N(c4ccccc4)C(=O)[C@H]3C2)nc(-c2ccncc2)cc1=O. The molecule has 4 heterocycles. The fourth-order valence-corrected chi connectivity index (χ4v) is 4.22. The molecule has 2 saturated heterocycles. The quantitative estimate of drug-likeness (QED) is 0.618. The van der Waals surface area contributed by atoms with E-state index in [1.807, 2.05) is 11.0 Å². The molecule has 0 saturated carbocycles. The van der Waals surface area contributed by atoms with E-state index in [1.54, 1.807) is 55.8 Å². The van der Waals surface area contributed by atoms with Crippen LogP contribution in [0.4, 0.5) is 11.6 Å². The molecule has 2 atom stereocenters. The third-order valence-electron chi connectivity index (χ3n) is 5.78. The molecule has 3 aromatic rings. The van der Waals surface area contributed by atoms with Crippen LogP contribution < -0.4 is 15.4 Å². The van der Waals surface area contributed by atoms with Crippen LogP contribution in [0.2, 0.25) is 0 Å². The molecule has 2 fully saturated rings. The third-order valence-corrected chi connectivity index (χ3v) is 5.78. The summed E-state index contributed by atoms with van der Waals surface area (Å²) in [6.45, 7) is 0.692. The van der Waals surface area contributed by atoms with Gasteiger partial charge in [-0.2, -0.15) is 0 Å². The lowest BCUT2D eigenvalue weighted by molar-refractivity contribution is -0.122. The average Bonchev–Trinajstić information content (AvgIpc) is 3.31. The largest absolute Gasteiger partial charge is 0.341 e. The van der Waals surface area contributed by atoms with Crippen LogP contribution in [0.1, 0.15) is 0 Å². The summed E-state index contributed by atoms with van der Waals surface area (Å²) in [7, 11) is 1.65. The number of fused-ring (bicyclic) bond motifs is 1. The van der Waals surface area contributed by atoms with Crippen molar-refractivity contribution >= 4 is 23.5 Å². The Hall–Kier alpha value is -3.81. The van der Waals surface area contributed by atoms with E-state index in [0.29, 0.717) is 30.4 Å². The lowest BCUT2D eigenvalue weighted by atomic mass is 10.00. The average molecular weight is 401 g/mol. The topological polar surface area (TPSA) is 88.4 Å². The monoisotopic (exact) mass is 401 g/mol. The van der Waals surface area contributed by atoms with Crippen LogP contribution in [0, 0.1) is 11.8 Å². The predicted molar refractivity (Wildman–Crippen MR) is 111 cm³/mol. The second-order valence-electron chi connectivity index (χ2n) is 7.54. The summed E-state index contributed by atoms with van der Waals surface area (Å²) in [4.78, 5) is 50.3. The summed E-state index contributed by atoms with van der Waals surface area (Å²) in [5, 5.41) is 0. The van der Waals surface area contributed by atoms with Crippen molar-refractivity contribution in [2.45, 2.75) is 0 Å². The van der Waals surface area contributed by atoms with Gasteiger partial charge in [0.15, 0.2) is 0 Å². The van der Waals surface area contributed by atoms with Crippen LogP contribution >= 0.6 is 0 Å². The molecule has 30 heavy (non-hydrogen) atoms. The Morgan fingerprint density at radius 1 is 0.900 bits per heavy atom. The molecule has 0 aliphatic carbocycles. The number of rotatable bonds is 3. The number of imide groups is 1. The maximum absolute atomic E-state index is 13.0. The lowest BCUT2D eigenvalue weighted by Gasteiger charge is -2.23. The molecule has 2 aliphatic rings. The molecule has 1 aromatic carbocycles. The van der Waals surface area contributed by atoms with E-state index < -0.39 is 11.8 Å². The minimum Gasteiger partial charge on any atom is -0.341 e. The van der Waals surface area contributed by atoms with Crippen LogP contribution in [-0.2, 0) is 16.6 Å². The molecule has 5 rings (SSSR count). The van der Waals surface area contributed by atoms with Crippen molar-refractivity contribution in [1.29, 1.82) is 0 Å². The van der Waals surface area contributed by atoms with Gasteiger partial charge in [-0.05, 0) is 24.3 Å². The first-order valence-corrected chi connectivity index (χ1v) is 9.71. The molecular weight excluding hydrogens is 382 g/mol. The van der Waals surface area contributed by atoms with Crippen molar-refractivity contribution in [3.63, 3.8) is 0 Å². The van der Waals surface area contributed by atoms with Crippen molar-refractivity contribution < 1.29 is 9.59 Å². The molecule has 0 bridgehead atoms. The fourth-order valence-electron chi connectivity index (χ4n) is 4.22. The van der Waals surface area contributed by atoms with E-state index in [0.717, 1.165) is 5.56 Å². The van der Waals surface area contributed by atoms with E-state index in [2.05, 4.69) is 9.97 Å². The van der Waals surface area contributed by atoms with Crippen LogP contribution in [0.5, 0.6) is 0 Å². The smallest absolute Gasteiger partial charge is 0.255 e. The van der Waals surface area contributed by atoms with Crippen LogP contribution in [0.3, 0.4) is 0 Å². The van der Waals surface area contributed by atoms with Gasteiger partial charge in [0.25, 0.3) is 5.56 Å². The van der Waals surface area contributed by atoms with E-state index in [9.17, 15) is 14.4 Å². The number of benzene rings is 1. The molecule has 2 amide bonds. The highest BCUT2D eigenvalue weighted by Crippen LogP contribution is 2.37. The Morgan fingerprint density at radius 3 is 2.17 bits per heavy atom. The highest BCUT2D eigenvalue weighted by molar-refractivity contribution is 6.22. The number of carbonyl (C=O) groups excluding carboxylic acids is 2. The van der Waals surface area contributed by atoms with E-state index >= 15 is 0 Å². The lowest BCUT2D eigenvalue weighted by Crippen LogP contribution is -2.38. The maximum Gasteiger partial charge on any atom is 0.255 e. The van der Waals surface area contributed by atoms with Gasteiger partial charge in [0.05, 0.1) is 23.2 Å². The van der Waals surface area contributed by atoms with Crippen molar-refractivity contribution in [2.75, 3.05) is 22.9 Å². The van der Waals surface area contributed by atoms with Crippen LogP contribution in [-0.4, -0.2) is 39.4 Å². The maximum atomic E-state index is 13.0. The zero-order chi connectivity index (χ0) is 20.8. The molecule has 0 spiro atoms.